The monoisotopic (exact) mass is 312 g/mol. The van der Waals surface area contributed by atoms with Crippen molar-refractivity contribution in [1.29, 1.82) is 0 Å². The Balaban J connectivity index is 2.06. The summed E-state index contributed by atoms with van der Waals surface area (Å²) in [5.41, 5.74) is 0.556. The van der Waals surface area contributed by atoms with E-state index < -0.39 is 6.10 Å². The average Bonchev–Trinajstić information content (AvgIpc) is 2.46. The van der Waals surface area contributed by atoms with E-state index in [1.807, 2.05) is 6.92 Å². The van der Waals surface area contributed by atoms with Crippen LogP contribution in [0.15, 0.2) is 18.2 Å². The van der Waals surface area contributed by atoms with Crippen LogP contribution < -0.4 is 10.1 Å². The van der Waals surface area contributed by atoms with Gasteiger partial charge in [-0.3, -0.25) is 0 Å². The highest BCUT2D eigenvalue weighted by molar-refractivity contribution is 6.31. The Kier molecular flexibility index (Phi) is 5.70. The van der Waals surface area contributed by atoms with Crippen LogP contribution in [-0.2, 0) is 0 Å². The van der Waals surface area contributed by atoms with Gasteiger partial charge in [0.25, 0.3) is 0 Å². The third kappa shape index (κ3) is 4.51. The van der Waals surface area contributed by atoms with E-state index in [0.29, 0.717) is 36.2 Å². The molecule has 1 aromatic carbocycles. The van der Waals surface area contributed by atoms with E-state index in [0.717, 1.165) is 19.3 Å². The van der Waals surface area contributed by atoms with E-state index in [1.165, 1.54) is 0 Å². The Bertz CT molecular complexity index is 496. The standard InChI is InChI=1S/C15H21ClN2O3/c1-2-8-21-14-6-5-11(16)9-13(14)17-15(20)18-7-3-4-12(19)10-18/h5-6,9,12,19H,2-4,7-8,10H2,1H3,(H,17,20). The molecule has 116 valence electrons. The highest BCUT2D eigenvalue weighted by Gasteiger charge is 2.22. The van der Waals surface area contributed by atoms with Crippen LogP contribution in [-0.4, -0.2) is 41.8 Å². The Morgan fingerprint density at radius 2 is 2.38 bits per heavy atom. The van der Waals surface area contributed by atoms with Crippen molar-refractivity contribution in [2.24, 2.45) is 0 Å². The number of urea groups is 1. The molecule has 0 aromatic heterocycles. The number of aliphatic hydroxyl groups is 1. The summed E-state index contributed by atoms with van der Waals surface area (Å²) in [4.78, 5) is 13.9. The topological polar surface area (TPSA) is 61.8 Å². The molecule has 2 N–H and O–H groups in total. The van der Waals surface area contributed by atoms with Gasteiger partial charge in [-0.2, -0.15) is 0 Å². The van der Waals surface area contributed by atoms with Crippen LogP contribution in [0.5, 0.6) is 5.75 Å². The first kappa shape index (κ1) is 15.9. The fraction of sp³-hybridized carbons (Fsp3) is 0.533. The zero-order chi connectivity index (χ0) is 15.2. The quantitative estimate of drug-likeness (QED) is 0.898. The van der Waals surface area contributed by atoms with Gasteiger partial charge in [0.15, 0.2) is 0 Å². The van der Waals surface area contributed by atoms with Gasteiger partial charge >= 0.3 is 6.03 Å². The first-order valence-corrected chi connectivity index (χ1v) is 7.64. The summed E-state index contributed by atoms with van der Waals surface area (Å²) in [7, 11) is 0. The molecular weight excluding hydrogens is 292 g/mol. The molecule has 1 saturated heterocycles. The van der Waals surface area contributed by atoms with Crippen LogP contribution in [0.4, 0.5) is 10.5 Å². The second-order valence-electron chi connectivity index (χ2n) is 5.16. The first-order chi connectivity index (χ1) is 10.1. The number of rotatable bonds is 4. The van der Waals surface area contributed by atoms with Gasteiger partial charge in [0.05, 0.1) is 18.4 Å². The number of amides is 2. The van der Waals surface area contributed by atoms with E-state index in [4.69, 9.17) is 16.3 Å². The highest BCUT2D eigenvalue weighted by atomic mass is 35.5. The molecule has 1 aromatic rings. The molecule has 21 heavy (non-hydrogen) atoms. The number of β-amino-alcohol motifs (C(OH)–C–C–N with tert-alkyl or cyclic N) is 1. The number of nitrogens with one attached hydrogen (secondary N) is 1. The molecule has 1 heterocycles. The van der Waals surface area contributed by atoms with Crippen molar-refractivity contribution in [2.45, 2.75) is 32.3 Å². The second kappa shape index (κ2) is 7.52. The molecule has 0 aliphatic carbocycles. The molecule has 1 unspecified atom stereocenters. The van der Waals surface area contributed by atoms with Crippen molar-refractivity contribution in [3.05, 3.63) is 23.2 Å². The Labute approximate surface area is 129 Å². The Morgan fingerprint density at radius 3 is 3.10 bits per heavy atom. The molecule has 0 saturated carbocycles. The van der Waals surface area contributed by atoms with Crippen molar-refractivity contribution >= 4 is 23.3 Å². The first-order valence-electron chi connectivity index (χ1n) is 7.26. The number of carbonyl (C=O) groups is 1. The third-order valence-electron chi connectivity index (χ3n) is 3.33. The summed E-state index contributed by atoms with van der Waals surface area (Å²) in [5, 5.41) is 13.0. The molecular formula is C15H21ClN2O3. The number of likely N-dealkylation sites (tertiary alicyclic amines) is 1. The smallest absolute Gasteiger partial charge is 0.322 e. The van der Waals surface area contributed by atoms with Crippen LogP contribution >= 0.6 is 11.6 Å². The lowest BCUT2D eigenvalue weighted by Gasteiger charge is -2.30. The van der Waals surface area contributed by atoms with Gasteiger partial charge in [0, 0.05) is 18.1 Å². The maximum atomic E-state index is 12.3. The van der Waals surface area contributed by atoms with Crippen LogP contribution in [0.25, 0.3) is 0 Å². The molecule has 0 bridgehead atoms. The van der Waals surface area contributed by atoms with Gasteiger partial charge in [0.2, 0.25) is 0 Å². The van der Waals surface area contributed by atoms with Crippen molar-refractivity contribution in [3.63, 3.8) is 0 Å². The lowest BCUT2D eigenvalue weighted by Crippen LogP contribution is -2.44. The number of hydrogen-bond donors (Lipinski definition) is 2. The van der Waals surface area contributed by atoms with Crippen LogP contribution in [0.3, 0.4) is 0 Å². The number of ether oxygens (including phenoxy) is 1. The molecule has 1 fully saturated rings. The Morgan fingerprint density at radius 1 is 1.57 bits per heavy atom. The maximum absolute atomic E-state index is 12.3. The van der Waals surface area contributed by atoms with Gasteiger partial charge in [-0.05, 0) is 37.5 Å². The van der Waals surface area contributed by atoms with Crippen LogP contribution in [0, 0.1) is 0 Å². The van der Waals surface area contributed by atoms with Gasteiger partial charge < -0.3 is 20.1 Å². The van der Waals surface area contributed by atoms with Crippen LogP contribution in [0.2, 0.25) is 5.02 Å². The molecule has 1 aliphatic rings. The minimum absolute atomic E-state index is 0.239. The third-order valence-corrected chi connectivity index (χ3v) is 3.56. The van der Waals surface area contributed by atoms with Crippen molar-refractivity contribution in [2.75, 3.05) is 25.0 Å². The van der Waals surface area contributed by atoms with E-state index in [2.05, 4.69) is 5.32 Å². The van der Waals surface area contributed by atoms with Crippen molar-refractivity contribution in [3.8, 4) is 5.75 Å². The predicted molar refractivity (Wildman–Crippen MR) is 83.1 cm³/mol. The zero-order valence-corrected chi connectivity index (χ0v) is 12.9. The van der Waals surface area contributed by atoms with Gasteiger partial charge in [0.1, 0.15) is 5.75 Å². The van der Waals surface area contributed by atoms with E-state index in [1.54, 1.807) is 23.1 Å². The van der Waals surface area contributed by atoms with Crippen molar-refractivity contribution < 1.29 is 14.6 Å². The summed E-state index contributed by atoms with van der Waals surface area (Å²) in [6, 6.07) is 4.91. The number of carbonyl (C=O) groups excluding carboxylic acids is 1. The molecule has 0 radical (unpaired) electrons. The molecule has 1 atom stereocenters. The summed E-state index contributed by atoms with van der Waals surface area (Å²) in [6.45, 7) is 3.60. The SMILES string of the molecule is CCCOc1ccc(Cl)cc1NC(=O)N1CCCC(O)C1. The average molecular weight is 313 g/mol. The zero-order valence-electron chi connectivity index (χ0n) is 12.1. The molecule has 6 heteroatoms. The molecule has 0 spiro atoms. The molecule has 5 nitrogen and oxygen atoms in total. The largest absolute Gasteiger partial charge is 0.491 e. The van der Waals surface area contributed by atoms with E-state index in [-0.39, 0.29) is 6.03 Å². The number of anilines is 1. The molecule has 1 aliphatic heterocycles. The van der Waals surface area contributed by atoms with Gasteiger partial charge in [-0.25, -0.2) is 4.79 Å². The fourth-order valence-electron chi connectivity index (χ4n) is 2.27. The second-order valence-corrected chi connectivity index (χ2v) is 5.60. The summed E-state index contributed by atoms with van der Waals surface area (Å²) >= 11 is 5.98. The highest BCUT2D eigenvalue weighted by Crippen LogP contribution is 2.28. The minimum Gasteiger partial charge on any atom is -0.491 e. The lowest BCUT2D eigenvalue weighted by atomic mass is 10.1. The van der Waals surface area contributed by atoms with Crippen molar-refractivity contribution in [1.82, 2.24) is 4.90 Å². The predicted octanol–water partition coefficient (Wildman–Crippen LogP) is 3.12. The number of aliphatic hydroxyl groups excluding tert-OH is 1. The Hall–Kier alpha value is -1.46. The lowest BCUT2D eigenvalue weighted by molar-refractivity contribution is 0.0883. The number of hydrogen-bond acceptors (Lipinski definition) is 3. The number of halogens is 1. The summed E-state index contributed by atoms with van der Waals surface area (Å²) < 4.78 is 5.61. The summed E-state index contributed by atoms with van der Waals surface area (Å²) in [5.74, 6) is 0.604. The number of piperidine rings is 1. The number of benzene rings is 1. The molecule has 2 rings (SSSR count). The molecule has 2 amide bonds. The maximum Gasteiger partial charge on any atom is 0.322 e. The summed E-state index contributed by atoms with van der Waals surface area (Å²) in [6.07, 6.45) is 1.99. The van der Waals surface area contributed by atoms with Gasteiger partial charge in [-0.1, -0.05) is 18.5 Å². The fourth-order valence-corrected chi connectivity index (χ4v) is 2.44. The van der Waals surface area contributed by atoms with Gasteiger partial charge in [-0.15, -0.1) is 0 Å². The van der Waals surface area contributed by atoms with E-state index in [9.17, 15) is 9.90 Å². The number of nitrogens with zero attached hydrogens (tertiary/aromatic N) is 1. The normalized spacial score (nSPS) is 18.4. The van der Waals surface area contributed by atoms with Crippen LogP contribution in [0.1, 0.15) is 26.2 Å². The minimum atomic E-state index is -0.445. The van der Waals surface area contributed by atoms with E-state index >= 15 is 0 Å².